The third-order valence-electron chi connectivity index (χ3n) is 1.69. The van der Waals surface area contributed by atoms with Gasteiger partial charge in [-0.05, 0) is 13.5 Å². The van der Waals surface area contributed by atoms with Crippen molar-refractivity contribution in [2.75, 3.05) is 13.6 Å². The molecule has 0 N–H and O–H groups in total. The molecule has 1 atom stereocenters. The summed E-state index contributed by atoms with van der Waals surface area (Å²) in [4.78, 5) is 12.3. The van der Waals surface area contributed by atoms with Gasteiger partial charge in [0.15, 0.2) is 0 Å². The molecule has 9 heavy (non-hydrogen) atoms. The second-order valence-electron chi connectivity index (χ2n) is 2.57. The quantitative estimate of drug-likeness (QED) is 0.374. The Hall–Kier alpha value is -0.630. The third-order valence-corrected chi connectivity index (χ3v) is 1.69. The van der Waals surface area contributed by atoms with Crippen LogP contribution in [-0.2, 0) is 4.79 Å². The van der Waals surface area contributed by atoms with Crippen molar-refractivity contribution >= 4 is 6.29 Å². The summed E-state index contributed by atoms with van der Waals surface area (Å²) < 4.78 is 0. The molecule has 0 aromatic heterocycles. The van der Waals surface area contributed by atoms with E-state index in [9.17, 15) is 4.79 Å². The topological polar surface area (TPSA) is 20.3 Å². The fourth-order valence-corrected chi connectivity index (χ4v) is 1.14. The minimum Gasteiger partial charge on any atom is -0.302 e. The van der Waals surface area contributed by atoms with Gasteiger partial charge in [-0.25, -0.2) is 0 Å². The zero-order valence-corrected chi connectivity index (χ0v) is 5.63. The predicted molar refractivity (Wildman–Crippen MR) is 36.2 cm³/mol. The van der Waals surface area contributed by atoms with Crippen LogP contribution < -0.4 is 0 Å². The Morgan fingerprint density at radius 3 is 2.78 bits per heavy atom. The molecule has 1 aliphatic rings. The normalized spacial score (nSPS) is 29.0. The molecule has 0 aromatic rings. The van der Waals surface area contributed by atoms with Gasteiger partial charge in [0.2, 0.25) is 0 Å². The Morgan fingerprint density at radius 2 is 2.56 bits per heavy atom. The monoisotopic (exact) mass is 125 g/mol. The van der Waals surface area contributed by atoms with Crippen LogP contribution >= 0.6 is 0 Å². The van der Waals surface area contributed by atoms with Crippen LogP contribution in [0.5, 0.6) is 0 Å². The second kappa shape index (κ2) is 2.31. The summed E-state index contributed by atoms with van der Waals surface area (Å²) in [5.41, 5.74) is 1.16. The average Bonchev–Trinajstić information content (AvgIpc) is 2.10. The number of aldehydes is 1. The summed E-state index contributed by atoms with van der Waals surface area (Å²) in [5.74, 6) is 0. The first-order valence-electron chi connectivity index (χ1n) is 3.06. The van der Waals surface area contributed by atoms with Crippen molar-refractivity contribution < 1.29 is 4.79 Å². The highest BCUT2D eigenvalue weighted by Crippen LogP contribution is 2.16. The van der Waals surface area contributed by atoms with E-state index >= 15 is 0 Å². The van der Waals surface area contributed by atoms with Crippen molar-refractivity contribution in [1.82, 2.24) is 4.90 Å². The van der Waals surface area contributed by atoms with Crippen molar-refractivity contribution in [2.45, 2.75) is 12.5 Å². The Morgan fingerprint density at radius 1 is 1.89 bits per heavy atom. The van der Waals surface area contributed by atoms with Gasteiger partial charge in [0.1, 0.15) is 6.29 Å². The van der Waals surface area contributed by atoms with Gasteiger partial charge in [0, 0.05) is 6.54 Å². The smallest absolute Gasteiger partial charge is 0.137 e. The minimum absolute atomic E-state index is 0.0949. The maximum atomic E-state index is 10.3. The lowest BCUT2D eigenvalue weighted by atomic mass is 10.2. The SMILES string of the molecule is C=C1CC(C=O)N(C)C1. The number of hydrogen-bond donors (Lipinski definition) is 0. The van der Waals surface area contributed by atoms with E-state index in [1.165, 1.54) is 0 Å². The van der Waals surface area contributed by atoms with Crippen LogP contribution in [0.15, 0.2) is 12.2 Å². The van der Waals surface area contributed by atoms with Crippen LogP contribution in [-0.4, -0.2) is 30.8 Å². The average molecular weight is 125 g/mol. The maximum Gasteiger partial charge on any atom is 0.137 e. The molecule has 0 aliphatic carbocycles. The van der Waals surface area contributed by atoms with Gasteiger partial charge in [0.25, 0.3) is 0 Å². The largest absolute Gasteiger partial charge is 0.302 e. The molecule has 0 radical (unpaired) electrons. The van der Waals surface area contributed by atoms with E-state index in [4.69, 9.17) is 0 Å². The van der Waals surface area contributed by atoms with Crippen molar-refractivity contribution in [3.8, 4) is 0 Å². The summed E-state index contributed by atoms with van der Waals surface area (Å²) in [5, 5.41) is 0. The van der Waals surface area contributed by atoms with Crippen LogP contribution in [0, 0.1) is 0 Å². The van der Waals surface area contributed by atoms with Crippen LogP contribution in [0.25, 0.3) is 0 Å². The number of nitrogens with zero attached hydrogens (tertiary/aromatic N) is 1. The molecule has 50 valence electrons. The molecule has 2 heteroatoms. The molecule has 1 aliphatic heterocycles. The first-order valence-corrected chi connectivity index (χ1v) is 3.06. The van der Waals surface area contributed by atoms with E-state index in [1.54, 1.807) is 0 Å². The fraction of sp³-hybridized carbons (Fsp3) is 0.571. The Labute approximate surface area is 55.2 Å². The number of carbonyl (C=O) groups is 1. The lowest BCUT2D eigenvalue weighted by molar-refractivity contribution is -0.111. The number of hydrogen-bond acceptors (Lipinski definition) is 2. The Bertz CT molecular complexity index is 142. The molecule has 1 unspecified atom stereocenters. The zero-order chi connectivity index (χ0) is 6.85. The van der Waals surface area contributed by atoms with Gasteiger partial charge in [-0.3, -0.25) is 4.90 Å². The van der Waals surface area contributed by atoms with E-state index in [0.717, 1.165) is 24.8 Å². The summed E-state index contributed by atoms with van der Waals surface area (Å²) >= 11 is 0. The van der Waals surface area contributed by atoms with Gasteiger partial charge in [-0.15, -0.1) is 0 Å². The van der Waals surface area contributed by atoms with Crippen LogP contribution in [0.3, 0.4) is 0 Å². The van der Waals surface area contributed by atoms with Crippen LogP contribution in [0.1, 0.15) is 6.42 Å². The summed E-state index contributed by atoms with van der Waals surface area (Å²) in [6, 6.07) is 0.0949. The first kappa shape index (κ1) is 6.49. The van der Waals surface area contributed by atoms with Gasteiger partial charge in [0.05, 0.1) is 6.04 Å². The minimum atomic E-state index is 0.0949. The highest BCUT2D eigenvalue weighted by atomic mass is 16.1. The Kier molecular flexibility index (Phi) is 1.67. The lowest BCUT2D eigenvalue weighted by Crippen LogP contribution is -2.25. The maximum absolute atomic E-state index is 10.3. The number of likely N-dealkylation sites (tertiary alicyclic amines) is 1. The highest BCUT2D eigenvalue weighted by molar-refractivity contribution is 5.59. The van der Waals surface area contributed by atoms with Crippen LogP contribution in [0.2, 0.25) is 0 Å². The lowest BCUT2D eigenvalue weighted by Gasteiger charge is -2.10. The van der Waals surface area contributed by atoms with Gasteiger partial charge >= 0.3 is 0 Å². The fourth-order valence-electron chi connectivity index (χ4n) is 1.14. The summed E-state index contributed by atoms with van der Waals surface area (Å²) in [6.45, 7) is 4.68. The van der Waals surface area contributed by atoms with Crippen molar-refractivity contribution in [1.29, 1.82) is 0 Å². The second-order valence-corrected chi connectivity index (χ2v) is 2.57. The molecule has 0 spiro atoms. The molecule has 1 saturated heterocycles. The highest BCUT2D eigenvalue weighted by Gasteiger charge is 2.22. The molecule has 1 fully saturated rings. The first-order chi connectivity index (χ1) is 4.24. The van der Waals surface area contributed by atoms with Gasteiger partial charge in [-0.1, -0.05) is 12.2 Å². The van der Waals surface area contributed by atoms with Crippen molar-refractivity contribution in [2.24, 2.45) is 0 Å². The molecule has 0 amide bonds. The van der Waals surface area contributed by atoms with Crippen molar-refractivity contribution in [3.63, 3.8) is 0 Å². The molecule has 1 rings (SSSR count). The molecule has 1 heterocycles. The van der Waals surface area contributed by atoms with E-state index < -0.39 is 0 Å². The van der Waals surface area contributed by atoms with E-state index in [0.29, 0.717) is 0 Å². The summed E-state index contributed by atoms with van der Waals surface area (Å²) in [7, 11) is 1.94. The molecule has 0 aromatic carbocycles. The Balaban J connectivity index is 2.57. The number of rotatable bonds is 1. The molecular weight excluding hydrogens is 114 g/mol. The number of likely N-dealkylation sites (N-methyl/N-ethyl adjacent to an activating group) is 1. The van der Waals surface area contributed by atoms with E-state index in [2.05, 4.69) is 6.58 Å². The van der Waals surface area contributed by atoms with E-state index in [-0.39, 0.29) is 6.04 Å². The molecule has 2 nitrogen and oxygen atoms in total. The van der Waals surface area contributed by atoms with E-state index in [1.807, 2.05) is 11.9 Å². The van der Waals surface area contributed by atoms with Gasteiger partial charge < -0.3 is 4.79 Å². The van der Waals surface area contributed by atoms with Crippen LogP contribution in [0.4, 0.5) is 0 Å². The summed E-state index contributed by atoms with van der Waals surface area (Å²) in [6.07, 6.45) is 1.83. The van der Waals surface area contributed by atoms with Gasteiger partial charge in [-0.2, -0.15) is 0 Å². The zero-order valence-electron chi connectivity index (χ0n) is 5.63. The molecular formula is C7H11NO. The third kappa shape index (κ3) is 1.19. The predicted octanol–water partition coefficient (Wildman–Crippen LogP) is 0.446. The number of carbonyl (C=O) groups excluding carboxylic acids is 1. The standard InChI is InChI=1S/C7H11NO/c1-6-3-7(5-9)8(2)4-6/h5,7H,1,3-4H2,2H3. The molecule has 0 saturated carbocycles. The van der Waals surface area contributed by atoms with Crippen molar-refractivity contribution in [3.05, 3.63) is 12.2 Å². The molecule has 0 bridgehead atoms.